The van der Waals surface area contributed by atoms with Crippen LogP contribution in [0.5, 0.6) is 0 Å². The molecule has 4 nitrogen and oxygen atoms in total. The van der Waals surface area contributed by atoms with E-state index in [1.54, 1.807) is 36.2 Å². The molecule has 1 heterocycles. The first kappa shape index (κ1) is 13.0. The van der Waals surface area contributed by atoms with Gasteiger partial charge in [0.25, 0.3) is 0 Å². The lowest BCUT2D eigenvalue weighted by Crippen LogP contribution is -2.21. The lowest BCUT2D eigenvalue weighted by atomic mass is 10.2. The molecule has 2 aromatic rings. The van der Waals surface area contributed by atoms with Gasteiger partial charge in [0.1, 0.15) is 17.2 Å². The number of carboxylic acid groups (broad SMARTS) is 1. The van der Waals surface area contributed by atoms with Crippen LogP contribution in [0.25, 0.3) is 0 Å². The van der Waals surface area contributed by atoms with Crippen LogP contribution in [0.4, 0.5) is 10.2 Å². The zero-order valence-electron chi connectivity index (χ0n) is 10.4. The molecule has 0 aliphatic carbocycles. The van der Waals surface area contributed by atoms with Crippen LogP contribution in [-0.2, 0) is 6.54 Å². The molecule has 0 amide bonds. The van der Waals surface area contributed by atoms with Crippen LogP contribution in [0.2, 0.25) is 0 Å². The summed E-state index contributed by atoms with van der Waals surface area (Å²) in [6.07, 6.45) is 1.51. The summed E-state index contributed by atoms with van der Waals surface area (Å²) in [5, 5.41) is 9.09. The van der Waals surface area contributed by atoms with Crippen molar-refractivity contribution in [3.8, 4) is 0 Å². The van der Waals surface area contributed by atoms with Gasteiger partial charge in [-0.2, -0.15) is 0 Å². The van der Waals surface area contributed by atoms with Gasteiger partial charge in [0, 0.05) is 25.4 Å². The highest BCUT2D eigenvalue weighted by molar-refractivity contribution is 5.93. The topological polar surface area (TPSA) is 53.4 Å². The number of hydrogen-bond acceptors (Lipinski definition) is 3. The van der Waals surface area contributed by atoms with Gasteiger partial charge >= 0.3 is 5.97 Å². The Morgan fingerprint density at radius 1 is 1.32 bits per heavy atom. The Balaban J connectivity index is 2.28. The second-order valence-electron chi connectivity index (χ2n) is 4.13. The molecule has 5 heteroatoms. The van der Waals surface area contributed by atoms with Crippen LogP contribution in [0.15, 0.2) is 42.6 Å². The van der Waals surface area contributed by atoms with Crippen LogP contribution in [0.3, 0.4) is 0 Å². The first-order valence-electron chi connectivity index (χ1n) is 5.72. The van der Waals surface area contributed by atoms with Crippen molar-refractivity contribution in [3.05, 3.63) is 59.5 Å². The van der Waals surface area contributed by atoms with Crippen LogP contribution < -0.4 is 4.90 Å². The molecule has 0 aliphatic heterocycles. The molecule has 1 N–H and O–H groups in total. The Labute approximate surface area is 110 Å². The molecule has 0 fully saturated rings. The molecule has 98 valence electrons. The van der Waals surface area contributed by atoms with Gasteiger partial charge in [0.2, 0.25) is 0 Å². The van der Waals surface area contributed by atoms with E-state index in [2.05, 4.69) is 4.98 Å². The number of carbonyl (C=O) groups is 1. The molecule has 0 bridgehead atoms. The molecule has 0 saturated heterocycles. The average Bonchev–Trinajstić information content (AvgIpc) is 2.41. The highest BCUT2D eigenvalue weighted by Crippen LogP contribution is 2.19. The predicted molar refractivity (Wildman–Crippen MR) is 69.7 cm³/mol. The van der Waals surface area contributed by atoms with E-state index in [1.165, 1.54) is 18.3 Å². The number of rotatable bonds is 4. The summed E-state index contributed by atoms with van der Waals surface area (Å²) < 4.78 is 13.6. The van der Waals surface area contributed by atoms with Gasteiger partial charge in [-0.05, 0) is 18.2 Å². The molecule has 0 unspecified atom stereocenters. The minimum atomic E-state index is -1.05. The molecular formula is C14H13FN2O2. The lowest BCUT2D eigenvalue weighted by molar-refractivity contribution is 0.0697. The smallest absolute Gasteiger partial charge is 0.339 e. The van der Waals surface area contributed by atoms with Gasteiger partial charge in [-0.25, -0.2) is 14.2 Å². The number of nitrogens with zero attached hydrogens (tertiary/aromatic N) is 2. The largest absolute Gasteiger partial charge is 0.478 e. The molecule has 0 aliphatic rings. The number of pyridine rings is 1. The standard InChI is InChI=1S/C14H13FN2O2/c1-17(9-10-5-2-3-7-12(10)15)13-11(14(18)19)6-4-8-16-13/h2-8H,9H2,1H3,(H,18,19). The van der Waals surface area contributed by atoms with Gasteiger partial charge in [0.15, 0.2) is 0 Å². The summed E-state index contributed by atoms with van der Waals surface area (Å²) in [6.45, 7) is 0.254. The summed E-state index contributed by atoms with van der Waals surface area (Å²) >= 11 is 0. The average molecular weight is 260 g/mol. The normalized spacial score (nSPS) is 10.2. The Bertz CT molecular complexity index is 602. The van der Waals surface area contributed by atoms with Crippen LogP contribution >= 0.6 is 0 Å². The SMILES string of the molecule is CN(Cc1ccccc1F)c1ncccc1C(=O)O. The van der Waals surface area contributed by atoms with Gasteiger partial charge in [-0.15, -0.1) is 0 Å². The molecule has 2 rings (SSSR count). The van der Waals surface area contributed by atoms with Crippen molar-refractivity contribution in [2.24, 2.45) is 0 Å². The number of benzene rings is 1. The number of carboxylic acids is 1. The third-order valence-corrected chi connectivity index (χ3v) is 2.74. The summed E-state index contributed by atoms with van der Waals surface area (Å²) in [4.78, 5) is 16.8. The van der Waals surface area contributed by atoms with Crippen LogP contribution in [0.1, 0.15) is 15.9 Å². The van der Waals surface area contributed by atoms with E-state index in [9.17, 15) is 9.18 Å². The second-order valence-corrected chi connectivity index (χ2v) is 4.13. The van der Waals surface area contributed by atoms with Crippen molar-refractivity contribution in [1.82, 2.24) is 4.98 Å². The molecule has 0 radical (unpaired) electrons. The Morgan fingerprint density at radius 2 is 2.05 bits per heavy atom. The van der Waals surface area contributed by atoms with E-state index in [4.69, 9.17) is 5.11 Å². The fourth-order valence-corrected chi connectivity index (χ4v) is 1.83. The fraction of sp³-hybridized carbons (Fsp3) is 0.143. The third-order valence-electron chi connectivity index (χ3n) is 2.74. The Kier molecular flexibility index (Phi) is 3.75. The van der Waals surface area contributed by atoms with Crippen LogP contribution in [0, 0.1) is 5.82 Å². The lowest BCUT2D eigenvalue weighted by Gasteiger charge is -2.20. The van der Waals surface area contributed by atoms with Crippen molar-refractivity contribution in [2.75, 3.05) is 11.9 Å². The monoisotopic (exact) mass is 260 g/mol. The number of aromatic carboxylic acids is 1. The van der Waals surface area contributed by atoms with Crippen molar-refractivity contribution >= 4 is 11.8 Å². The first-order valence-corrected chi connectivity index (χ1v) is 5.72. The van der Waals surface area contributed by atoms with Crippen LogP contribution in [-0.4, -0.2) is 23.1 Å². The van der Waals surface area contributed by atoms with E-state index >= 15 is 0 Å². The minimum Gasteiger partial charge on any atom is -0.478 e. The zero-order chi connectivity index (χ0) is 13.8. The van der Waals surface area contributed by atoms with Gasteiger partial charge in [-0.1, -0.05) is 18.2 Å². The van der Waals surface area contributed by atoms with Crippen molar-refractivity contribution < 1.29 is 14.3 Å². The Hall–Kier alpha value is -2.43. The fourth-order valence-electron chi connectivity index (χ4n) is 1.83. The maximum atomic E-state index is 13.6. The maximum Gasteiger partial charge on any atom is 0.339 e. The summed E-state index contributed by atoms with van der Waals surface area (Å²) in [6, 6.07) is 9.42. The van der Waals surface area contributed by atoms with E-state index in [1.807, 2.05) is 0 Å². The van der Waals surface area contributed by atoms with Crippen molar-refractivity contribution in [3.63, 3.8) is 0 Å². The minimum absolute atomic E-state index is 0.0985. The molecule has 0 saturated carbocycles. The number of aromatic nitrogens is 1. The van der Waals surface area contributed by atoms with Gasteiger partial charge in [-0.3, -0.25) is 0 Å². The molecule has 1 aromatic heterocycles. The van der Waals surface area contributed by atoms with Gasteiger partial charge in [0.05, 0.1) is 0 Å². The number of halogens is 1. The van der Waals surface area contributed by atoms with E-state index in [0.717, 1.165) is 0 Å². The highest BCUT2D eigenvalue weighted by Gasteiger charge is 2.15. The van der Waals surface area contributed by atoms with E-state index < -0.39 is 5.97 Å². The molecule has 1 aromatic carbocycles. The number of anilines is 1. The zero-order valence-corrected chi connectivity index (χ0v) is 10.4. The highest BCUT2D eigenvalue weighted by atomic mass is 19.1. The summed E-state index contributed by atoms with van der Waals surface area (Å²) in [7, 11) is 1.68. The summed E-state index contributed by atoms with van der Waals surface area (Å²) in [5.74, 6) is -1.05. The summed E-state index contributed by atoms with van der Waals surface area (Å²) in [5.41, 5.74) is 0.591. The Morgan fingerprint density at radius 3 is 2.74 bits per heavy atom. The third kappa shape index (κ3) is 2.88. The molecular weight excluding hydrogens is 247 g/mol. The molecule has 19 heavy (non-hydrogen) atoms. The van der Waals surface area contributed by atoms with E-state index in [0.29, 0.717) is 11.4 Å². The second kappa shape index (κ2) is 5.48. The van der Waals surface area contributed by atoms with Crippen molar-refractivity contribution in [2.45, 2.75) is 6.54 Å². The van der Waals surface area contributed by atoms with E-state index in [-0.39, 0.29) is 17.9 Å². The quantitative estimate of drug-likeness (QED) is 0.917. The predicted octanol–water partition coefficient (Wildman–Crippen LogP) is 2.56. The van der Waals surface area contributed by atoms with Crippen molar-refractivity contribution in [1.29, 1.82) is 0 Å². The molecule has 0 atom stereocenters. The first-order chi connectivity index (χ1) is 9.09. The van der Waals surface area contributed by atoms with Gasteiger partial charge < -0.3 is 10.0 Å². The maximum absolute atomic E-state index is 13.6. The molecule has 0 spiro atoms. The number of hydrogen-bond donors (Lipinski definition) is 1.